The first-order valence-electron chi connectivity index (χ1n) is 6.25. The monoisotopic (exact) mass is 318 g/mol. The lowest BCUT2D eigenvalue weighted by molar-refractivity contribution is -0.134. The summed E-state index contributed by atoms with van der Waals surface area (Å²) in [5.74, 6) is -0.651. The van der Waals surface area contributed by atoms with Crippen LogP contribution in [0.1, 0.15) is 18.4 Å². The number of halogens is 3. The fraction of sp³-hybridized carbons (Fsp3) is 0.385. The number of hydrogen-bond acceptors (Lipinski definition) is 4. The molecule has 0 aliphatic carbocycles. The average Bonchev–Trinajstić information content (AvgIpc) is 2.38. The number of imide groups is 1. The quantitative estimate of drug-likeness (QED) is 0.660. The van der Waals surface area contributed by atoms with E-state index in [0.29, 0.717) is 13.0 Å². The second-order valence-electron chi connectivity index (χ2n) is 4.58. The van der Waals surface area contributed by atoms with E-state index in [2.05, 4.69) is 10.6 Å². The molecule has 1 fully saturated rings. The number of nitrogens with one attached hydrogen (secondary N) is 2. The number of alkyl halides is 3. The molecule has 21 heavy (non-hydrogen) atoms. The molecule has 0 saturated carbocycles. The van der Waals surface area contributed by atoms with Crippen molar-refractivity contribution in [2.75, 3.05) is 0 Å². The van der Waals surface area contributed by atoms with Gasteiger partial charge in [-0.05, 0) is 35.9 Å². The molecule has 1 aromatic rings. The van der Waals surface area contributed by atoms with Gasteiger partial charge in [0.1, 0.15) is 0 Å². The highest BCUT2D eigenvalue weighted by molar-refractivity contribution is 8.00. The summed E-state index contributed by atoms with van der Waals surface area (Å²) in [4.78, 5) is 22.6. The van der Waals surface area contributed by atoms with Crippen LogP contribution in [-0.4, -0.2) is 23.4 Å². The van der Waals surface area contributed by atoms with E-state index < -0.39 is 11.6 Å². The third-order valence-electron chi connectivity index (χ3n) is 2.95. The Morgan fingerprint density at radius 1 is 1.24 bits per heavy atom. The van der Waals surface area contributed by atoms with Gasteiger partial charge in [-0.1, -0.05) is 12.1 Å². The van der Waals surface area contributed by atoms with Gasteiger partial charge in [0.05, 0.1) is 6.04 Å². The molecule has 1 unspecified atom stereocenters. The third kappa shape index (κ3) is 5.05. The number of hydrogen-bond donors (Lipinski definition) is 2. The van der Waals surface area contributed by atoms with E-state index in [-0.39, 0.29) is 34.9 Å². The summed E-state index contributed by atoms with van der Waals surface area (Å²) in [5, 5.41) is 5.21. The van der Waals surface area contributed by atoms with Crippen LogP contribution in [0.4, 0.5) is 13.2 Å². The summed E-state index contributed by atoms with van der Waals surface area (Å²) in [6, 6.07) is 5.48. The third-order valence-corrected chi connectivity index (χ3v) is 3.69. The minimum atomic E-state index is -4.30. The van der Waals surface area contributed by atoms with Crippen molar-refractivity contribution in [1.82, 2.24) is 10.6 Å². The van der Waals surface area contributed by atoms with Gasteiger partial charge >= 0.3 is 5.51 Å². The van der Waals surface area contributed by atoms with Gasteiger partial charge in [-0.15, -0.1) is 0 Å². The first kappa shape index (κ1) is 15.8. The Bertz CT molecular complexity index is 531. The highest BCUT2D eigenvalue weighted by atomic mass is 32.2. The maximum Gasteiger partial charge on any atom is 0.446 e. The van der Waals surface area contributed by atoms with E-state index in [1.54, 1.807) is 12.1 Å². The lowest BCUT2D eigenvalue weighted by Gasteiger charge is -2.21. The highest BCUT2D eigenvalue weighted by Crippen LogP contribution is 2.36. The summed E-state index contributed by atoms with van der Waals surface area (Å²) in [5.41, 5.74) is -3.53. The summed E-state index contributed by atoms with van der Waals surface area (Å²) in [7, 11) is 0. The van der Waals surface area contributed by atoms with Gasteiger partial charge in [-0.2, -0.15) is 13.2 Å². The van der Waals surface area contributed by atoms with Crippen molar-refractivity contribution < 1.29 is 22.8 Å². The molecule has 114 valence electrons. The molecular weight excluding hydrogens is 305 g/mol. The first-order chi connectivity index (χ1) is 9.83. The Hall–Kier alpha value is -1.54. The number of amides is 2. The van der Waals surface area contributed by atoms with E-state index >= 15 is 0 Å². The van der Waals surface area contributed by atoms with Crippen LogP contribution in [0.2, 0.25) is 0 Å². The smallest absolute Gasteiger partial charge is 0.302 e. The lowest BCUT2D eigenvalue weighted by Crippen LogP contribution is -2.50. The Labute approximate surface area is 123 Å². The Morgan fingerprint density at radius 2 is 1.90 bits per heavy atom. The van der Waals surface area contributed by atoms with Crippen molar-refractivity contribution in [3.8, 4) is 0 Å². The molecule has 1 aliphatic rings. The summed E-state index contributed by atoms with van der Waals surface area (Å²) in [6.45, 7) is 0.350. The molecule has 2 amide bonds. The summed E-state index contributed by atoms with van der Waals surface area (Å²) < 4.78 is 36.6. The van der Waals surface area contributed by atoms with Gasteiger partial charge in [0.15, 0.2) is 0 Å². The van der Waals surface area contributed by atoms with Gasteiger partial charge in [-0.3, -0.25) is 14.9 Å². The number of rotatable bonds is 4. The maximum atomic E-state index is 12.2. The molecule has 8 heteroatoms. The molecule has 1 atom stereocenters. The molecule has 2 N–H and O–H groups in total. The Balaban J connectivity index is 1.86. The molecule has 0 bridgehead atoms. The van der Waals surface area contributed by atoms with Gasteiger partial charge in [0.25, 0.3) is 0 Å². The predicted molar refractivity (Wildman–Crippen MR) is 71.4 cm³/mol. The molecule has 0 spiro atoms. The largest absolute Gasteiger partial charge is 0.446 e. The fourth-order valence-electron chi connectivity index (χ4n) is 1.94. The van der Waals surface area contributed by atoms with E-state index in [1.165, 1.54) is 12.1 Å². The van der Waals surface area contributed by atoms with Gasteiger partial charge in [0.2, 0.25) is 11.8 Å². The predicted octanol–water partition coefficient (Wildman–Crippen LogP) is 2.19. The second kappa shape index (κ2) is 6.48. The number of carbonyl (C=O) groups is 2. The molecule has 0 radical (unpaired) electrons. The van der Waals surface area contributed by atoms with Crippen LogP contribution in [-0.2, 0) is 16.1 Å². The minimum Gasteiger partial charge on any atom is -0.302 e. The van der Waals surface area contributed by atoms with E-state index in [9.17, 15) is 22.8 Å². The van der Waals surface area contributed by atoms with Crippen molar-refractivity contribution in [3.05, 3.63) is 29.8 Å². The fourth-order valence-corrected chi connectivity index (χ4v) is 2.48. The van der Waals surface area contributed by atoms with Gasteiger partial charge in [-0.25, -0.2) is 0 Å². The number of piperidine rings is 1. The number of thioether (sulfide) groups is 1. The van der Waals surface area contributed by atoms with Crippen LogP contribution in [0.3, 0.4) is 0 Å². The van der Waals surface area contributed by atoms with Crippen LogP contribution in [0.15, 0.2) is 29.2 Å². The molecule has 1 saturated heterocycles. The SMILES string of the molecule is O=C1CCC(NCc2ccc(SC(F)(F)F)cc2)C(=O)N1. The van der Waals surface area contributed by atoms with Crippen LogP contribution >= 0.6 is 11.8 Å². The molecule has 4 nitrogen and oxygen atoms in total. The average molecular weight is 318 g/mol. The van der Waals surface area contributed by atoms with Crippen LogP contribution in [0.25, 0.3) is 0 Å². The van der Waals surface area contributed by atoms with E-state index in [0.717, 1.165) is 5.56 Å². The van der Waals surface area contributed by atoms with E-state index in [4.69, 9.17) is 0 Å². The standard InChI is InChI=1S/C13H13F3N2O2S/c14-13(15,16)21-9-3-1-8(2-4-9)7-17-10-5-6-11(19)18-12(10)20/h1-4,10,17H,5-7H2,(H,18,19,20). The zero-order chi connectivity index (χ0) is 15.5. The summed E-state index contributed by atoms with van der Waals surface area (Å²) >= 11 is -0.166. The molecular formula is C13H13F3N2O2S. The summed E-state index contributed by atoms with van der Waals surface area (Å²) in [6.07, 6.45) is 0.706. The van der Waals surface area contributed by atoms with E-state index in [1.807, 2.05) is 0 Å². The minimum absolute atomic E-state index is 0.118. The van der Waals surface area contributed by atoms with Crippen LogP contribution < -0.4 is 10.6 Å². The van der Waals surface area contributed by atoms with Gasteiger partial charge < -0.3 is 5.32 Å². The van der Waals surface area contributed by atoms with Crippen LogP contribution in [0, 0.1) is 0 Å². The molecule has 1 heterocycles. The zero-order valence-corrected chi connectivity index (χ0v) is 11.7. The number of benzene rings is 1. The van der Waals surface area contributed by atoms with Crippen LogP contribution in [0.5, 0.6) is 0 Å². The highest BCUT2D eigenvalue weighted by Gasteiger charge is 2.29. The lowest BCUT2D eigenvalue weighted by atomic mass is 10.1. The van der Waals surface area contributed by atoms with Crippen molar-refractivity contribution in [2.24, 2.45) is 0 Å². The Kier molecular flexibility index (Phi) is 4.89. The maximum absolute atomic E-state index is 12.2. The Morgan fingerprint density at radius 3 is 2.48 bits per heavy atom. The molecule has 0 aromatic heterocycles. The van der Waals surface area contributed by atoms with Crippen molar-refractivity contribution >= 4 is 23.6 Å². The normalized spacial score (nSPS) is 19.5. The number of carbonyl (C=O) groups excluding carboxylic acids is 2. The molecule has 1 aliphatic heterocycles. The topological polar surface area (TPSA) is 58.2 Å². The van der Waals surface area contributed by atoms with Crippen molar-refractivity contribution in [1.29, 1.82) is 0 Å². The molecule has 2 rings (SSSR count). The van der Waals surface area contributed by atoms with Gasteiger partial charge in [0, 0.05) is 17.9 Å². The van der Waals surface area contributed by atoms with Crippen molar-refractivity contribution in [2.45, 2.75) is 35.8 Å². The zero-order valence-electron chi connectivity index (χ0n) is 10.9. The second-order valence-corrected chi connectivity index (χ2v) is 5.71. The first-order valence-corrected chi connectivity index (χ1v) is 7.07. The van der Waals surface area contributed by atoms with Crippen molar-refractivity contribution in [3.63, 3.8) is 0 Å². The molecule has 1 aromatic carbocycles.